The smallest absolute Gasteiger partial charge is 0.261 e. The summed E-state index contributed by atoms with van der Waals surface area (Å²) in [6, 6.07) is 6.94. The number of hydrazine groups is 1. The molecular weight excluding hydrogens is 382 g/mol. The van der Waals surface area contributed by atoms with Gasteiger partial charge in [0.2, 0.25) is 11.8 Å². The lowest BCUT2D eigenvalue weighted by atomic mass is 9.88. The Morgan fingerprint density at radius 1 is 1.10 bits per heavy atom. The zero-order chi connectivity index (χ0) is 21.7. The first kappa shape index (κ1) is 21.8. The van der Waals surface area contributed by atoms with Gasteiger partial charge in [0, 0.05) is 13.0 Å². The number of fused-ring (bicyclic) bond motifs is 1. The van der Waals surface area contributed by atoms with Crippen molar-refractivity contribution < 1.29 is 14.4 Å². The van der Waals surface area contributed by atoms with E-state index in [1.807, 2.05) is 49.7 Å². The molecule has 0 aliphatic heterocycles. The lowest BCUT2D eigenvalue weighted by molar-refractivity contribution is -0.134. The molecule has 8 nitrogen and oxygen atoms in total. The van der Waals surface area contributed by atoms with Gasteiger partial charge in [-0.2, -0.15) is 0 Å². The largest absolute Gasteiger partial charge is 0.344 e. The number of carbonyl (C=O) groups excluding carboxylic acids is 3. The second-order valence-electron chi connectivity index (χ2n) is 8.36. The van der Waals surface area contributed by atoms with Crippen LogP contribution < -0.4 is 16.2 Å². The standard InChI is InChI=1S/C22H31N5O3/c1-14(2)20(24-21(29)15-9-5-4-6-10-15)22(30)26-25-19(28)13-18-23-16-11-7-8-12-17(16)27(18)3/h7-8,11-12,14-15,20H,4-6,9-10,13H2,1-3H3,(H,24,29)(H,25,28)(H,26,30)/t20-/m0/s1. The van der Waals surface area contributed by atoms with Crippen LogP contribution in [-0.4, -0.2) is 33.3 Å². The van der Waals surface area contributed by atoms with E-state index in [0.717, 1.165) is 43.1 Å². The number of imidazole rings is 1. The number of rotatable bonds is 6. The van der Waals surface area contributed by atoms with Crippen LogP contribution in [-0.2, 0) is 27.9 Å². The van der Waals surface area contributed by atoms with Crippen molar-refractivity contribution in [2.45, 2.75) is 58.4 Å². The van der Waals surface area contributed by atoms with Gasteiger partial charge in [0.1, 0.15) is 11.9 Å². The Bertz CT molecular complexity index is 915. The van der Waals surface area contributed by atoms with Crippen LogP contribution in [0.15, 0.2) is 24.3 Å². The molecule has 1 heterocycles. The van der Waals surface area contributed by atoms with E-state index >= 15 is 0 Å². The lowest BCUT2D eigenvalue weighted by Gasteiger charge is -2.26. The van der Waals surface area contributed by atoms with E-state index in [2.05, 4.69) is 21.2 Å². The number of para-hydroxylation sites is 2. The molecule has 1 atom stereocenters. The van der Waals surface area contributed by atoms with Gasteiger partial charge in [-0.15, -0.1) is 0 Å². The lowest BCUT2D eigenvalue weighted by Crippen LogP contribution is -2.55. The van der Waals surface area contributed by atoms with Gasteiger partial charge in [-0.05, 0) is 30.9 Å². The van der Waals surface area contributed by atoms with Crippen LogP contribution in [0.5, 0.6) is 0 Å². The summed E-state index contributed by atoms with van der Waals surface area (Å²) in [5.74, 6) is -0.395. The first-order valence-corrected chi connectivity index (χ1v) is 10.7. The summed E-state index contributed by atoms with van der Waals surface area (Å²) in [5, 5.41) is 2.87. The third-order valence-electron chi connectivity index (χ3n) is 5.75. The molecule has 1 aromatic carbocycles. The van der Waals surface area contributed by atoms with E-state index in [0.29, 0.717) is 5.82 Å². The normalized spacial score (nSPS) is 15.7. The summed E-state index contributed by atoms with van der Waals surface area (Å²) in [6.07, 6.45) is 5.03. The highest BCUT2D eigenvalue weighted by atomic mass is 16.2. The number of hydrogen-bond donors (Lipinski definition) is 3. The number of aryl methyl sites for hydroxylation is 1. The van der Waals surface area contributed by atoms with Gasteiger partial charge >= 0.3 is 0 Å². The average Bonchev–Trinajstić information content (AvgIpc) is 3.06. The maximum Gasteiger partial charge on any atom is 0.261 e. The van der Waals surface area contributed by atoms with Gasteiger partial charge in [-0.1, -0.05) is 45.2 Å². The van der Waals surface area contributed by atoms with Gasteiger partial charge < -0.3 is 9.88 Å². The zero-order valence-corrected chi connectivity index (χ0v) is 17.9. The first-order chi connectivity index (χ1) is 14.4. The Morgan fingerprint density at radius 2 is 1.80 bits per heavy atom. The van der Waals surface area contributed by atoms with Crippen molar-refractivity contribution in [1.82, 2.24) is 25.7 Å². The van der Waals surface area contributed by atoms with Crippen LogP contribution in [0.3, 0.4) is 0 Å². The summed E-state index contributed by atoms with van der Waals surface area (Å²) in [4.78, 5) is 41.9. The molecule has 3 amide bonds. The van der Waals surface area contributed by atoms with E-state index < -0.39 is 11.9 Å². The van der Waals surface area contributed by atoms with Crippen LogP contribution in [0.25, 0.3) is 11.0 Å². The highest BCUT2D eigenvalue weighted by molar-refractivity contribution is 5.90. The van der Waals surface area contributed by atoms with Gasteiger partial charge in [0.15, 0.2) is 0 Å². The number of aromatic nitrogens is 2. The van der Waals surface area contributed by atoms with E-state index in [1.54, 1.807) is 0 Å². The van der Waals surface area contributed by atoms with Gasteiger partial charge in [0.25, 0.3) is 5.91 Å². The maximum absolute atomic E-state index is 12.6. The van der Waals surface area contributed by atoms with Gasteiger partial charge in [0.05, 0.1) is 17.5 Å². The van der Waals surface area contributed by atoms with Crippen molar-refractivity contribution in [1.29, 1.82) is 0 Å². The molecule has 3 rings (SSSR count). The van der Waals surface area contributed by atoms with E-state index in [1.165, 1.54) is 0 Å². The van der Waals surface area contributed by atoms with Gasteiger partial charge in [-0.3, -0.25) is 25.2 Å². The van der Waals surface area contributed by atoms with Gasteiger partial charge in [-0.25, -0.2) is 4.98 Å². The third-order valence-corrected chi connectivity index (χ3v) is 5.75. The number of carbonyl (C=O) groups is 3. The summed E-state index contributed by atoms with van der Waals surface area (Å²) in [7, 11) is 1.85. The average molecular weight is 414 g/mol. The number of amides is 3. The maximum atomic E-state index is 12.6. The van der Waals surface area contributed by atoms with E-state index in [4.69, 9.17) is 0 Å². The Balaban J connectivity index is 1.54. The van der Waals surface area contributed by atoms with Crippen molar-refractivity contribution in [3.63, 3.8) is 0 Å². The molecule has 1 saturated carbocycles. The summed E-state index contributed by atoms with van der Waals surface area (Å²) in [5.41, 5.74) is 6.66. The minimum absolute atomic E-state index is 0.0278. The third kappa shape index (κ3) is 5.17. The highest BCUT2D eigenvalue weighted by Gasteiger charge is 2.28. The Labute approximate surface area is 176 Å². The fourth-order valence-corrected chi connectivity index (χ4v) is 3.92. The summed E-state index contributed by atoms with van der Waals surface area (Å²) in [6.45, 7) is 3.74. The zero-order valence-electron chi connectivity index (χ0n) is 17.9. The summed E-state index contributed by atoms with van der Waals surface area (Å²) >= 11 is 0. The number of benzene rings is 1. The fraction of sp³-hybridized carbons (Fsp3) is 0.545. The molecule has 0 unspecified atom stereocenters. The minimum atomic E-state index is -0.699. The van der Waals surface area contributed by atoms with Crippen molar-refractivity contribution in [3.05, 3.63) is 30.1 Å². The van der Waals surface area contributed by atoms with Crippen LogP contribution in [0.2, 0.25) is 0 Å². The highest BCUT2D eigenvalue weighted by Crippen LogP contribution is 2.24. The Morgan fingerprint density at radius 3 is 2.47 bits per heavy atom. The molecular formula is C22H31N5O3. The minimum Gasteiger partial charge on any atom is -0.344 e. The van der Waals surface area contributed by atoms with E-state index in [9.17, 15) is 14.4 Å². The topological polar surface area (TPSA) is 105 Å². The van der Waals surface area contributed by atoms with Crippen LogP contribution in [0.4, 0.5) is 0 Å². The molecule has 30 heavy (non-hydrogen) atoms. The van der Waals surface area contributed by atoms with Crippen molar-refractivity contribution in [3.8, 4) is 0 Å². The van der Waals surface area contributed by atoms with E-state index in [-0.39, 0.29) is 30.1 Å². The molecule has 3 N–H and O–H groups in total. The Hall–Kier alpha value is -2.90. The number of hydrogen-bond acceptors (Lipinski definition) is 4. The molecule has 1 aliphatic rings. The molecule has 1 aromatic heterocycles. The molecule has 2 aromatic rings. The molecule has 8 heteroatoms. The quantitative estimate of drug-likeness (QED) is 0.630. The molecule has 0 radical (unpaired) electrons. The second-order valence-corrected chi connectivity index (χ2v) is 8.36. The van der Waals surface area contributed by atoms with Crippen LogP contribution in [0.1, 0.15) is 51.8 Å². The molecule has 1 aliphatic carbocycles. The van der Waals surface area contributed by atoms with Crippen LogP contribution in [0, 0.1) is 11.8 Å². The molecule has 0 saturated heterocycles. The van der Waals surface area contributed by atoms with Crippen LogP contribution >= 0.6 is 0 Å². The molecule has 1 fully saturated rings. The number of nitrogens with zero attached hydrogens (tertiary/aromatic N) is 2. The monoisotopic (exact) mass is 413 g/mol. The molecule has 0 bridgehead atoms. The second kappa shape index (κ2) is 9.73. The van der Waals surface area contributed by atoms with Crippen molar-refractivity contribution in [2.24, 2.45) is 18.9 Å². The first-order valence-electron chi connectivity index (χ1n) is 10.7. The number of nitrogens with one attached hydrogen (secondary N) is 3. The van der Waals surface area contributed by atoms with Crippen molar-refractivity contribution >= 4 is 28.8 Å². The summed E-state index contributed by atoms with van der Waals surface area (Å²) < 4.78 is 1.86. The molecule has 0 spiro atoms. The predicted octanol–water partition coefficient (Wildman–Crippen LogP) is 1.98. The fourth-order valence-electron chi connectivity index (χ4n) is 3.92. The molecule has 162 valence electrons. The Kier molecular flexibility index (Phi) is 7.07. The predicted molar refractivity (Wildman–Crippen MR) is 114 cm³/mol. The SMILES string of the molecule is CC(C)[C@H](NC(=O)C1CCCCC1)C(=O)NNC(=O)Cc1nc2ccccc2n1C. The van der Waals surface area contributed by atoms with Crippen molar-refractivity contribution in [2.75, 3.05) is 0 Å².